The van der Waals surface area contributed by atoms with Crippen LogP contribution < -0.4 is 5.32 Å². The third-order valence-electron chi connectivity index (χ3n) is 3.86. The van der Waals surface area contributed by atoms with Gasteiger partial charge in [-0.3, -0.25) is 4.90 Å². The van der Waals surface area contributed by atoms with E-state index >= 15 is 0 Å². The van der Waals surface area contributed by atoms with Gasteiger partial charge in [0.2, 0.25) is 0 Å². The van der Waals surface area contributed by atoms with Crippen LogP contribution in [0.4, 0.5) is 13.2 Å². The van der Waals surface area contributed by atoms with E-state index in [1.165, 1.54) is 12.1 Å². The molecular formula is C16H18ClF3N2O. The van der Waals surface area contributed by atoms with Crippen LogP contribution in [0.1, 0.15) is 22.9 Å². The Balaban J connectivity index is 0.00000192. The average molecular weight is 347 g/mol. The third kappa shape index (κ3) is 4.07. The van der Waals surface area contributed by atoms with Crippen LogP contribution in [-0.4, -0.2) is 31.1 Å². The van der Waals surface area contributed by atoms with Crippen LogP contribution in [-0.2, 0) is 6.18 Å². The van der Waals surface area contributed by atoms with Crippen LogP contribution in [0, 0.1) is 0 Å². The lowest BCUT2D eigenvalue weighted by Crippen LogP contribution is -2.45. The normalized spacial score (nSPS) is 17.5. The van der Waals surface area contributed by atoms with Gasteiger partial charge in [0.25, 0.3) is 0 Å². The maximum absolute atomic E-state index is 13.0. The summed E-state index contributed by atoms with van der Waals surface area (Å²) in [6.07, 6.45) is -2.79. The highest BCUT2D eigenvalue weighted by atomic mass is 35.5. The molecule has 0 amide bonds. The monoisotopic (exact) mass is 346 g/mol. The van der Waals surface area contributed by atoms with Gasteiger partial charge in [0.1, 0.15) is 5.76 Å². The molecule has 3 rings (SSSR count). The number of rotatable bonds is 3. The van der Waals surface area contributed by atoms with Gasteiger partial charge in [-0.15, -0.1) is 12.4 Å². The summed E-state index contributed by atoms with van der Waals surface area (Å²) in [5.74, 6) is 0.668. The van der Waals surface area contributed by atoms with E-state index in [2.05, 4.69) is 10.2 Å². The first-order chi connectivity index (χ1) is 10.6. The maximum Gasteiger partial charge on any atom is 0.416 e. The molecule has 0 saturated carbocycles. The zero-order valence-electron chi connectivity index (χ0n) is 12.3. The summed E-state index contributed by atoms with van der Waals surface area (Å²) in [5.41, 5.74) is -0.0247. The number of nitrogens with one attached hydrogen (secondary N) is 1. The Hall–Kier alpha value is -1.50. The Morgan fingerprint density at radius 1 is 1.09 bits per heavy atom. The molecule has 1 N–H and O–H groups in total. The minimum absolute atomic E-state index is 0. The smallest absolute Gasteiger partial charge is 0.416 e. The van der Waals surface area contributed by atoms with Crippen LogP contribution in [0.25, 0.3) is 0 Å². The number of nitrogens with zero attached hydrogens (tertiary/aromatic N) is 1. The van der Waals surface area contributed by atoms with Crippen LogP contribution in [0.5, 0.6) is 0 Å². The van der Waals surface area contributed by atoms with E-state index in [4.69, 9.17) is 4.42 Å². The van der Waals surface area contributed by atoms with Gasteiger partial charge in [-0.05, 0) is 29.8 Å². The highest BCUT2D eigenvalue weighted by Crippen LogP contribution is 2.34. The summed E-state index contributed by atoms with van der Waals surface area (Å²) in [7, 11) is 0. The standard InChI is InChI=1S/C16H17F3N2O.ClH/c17-16(18,19)13-4-1-3-12(11-13)15(14-5-2-10-22-14)21-8-6-20-7-9-21;/h1-5,10-11,15,20H,6-9H2;1H/t15-;/m1./s1. The van der Waals surface area contributed by atoms with Gasteiger partial charge >= 0.3 is 6.18 Å². The zero-order chi connectivity index (χ0) is 15.6. The Labute approximate surface area is 138 Å². The van der Waals surface area contributed by atoms with E-state index in [0.29, 0.717) is 11.3 Å². The second-order valence-corrected chi connectivity index (χ2v) is 5.33. The van der Waals surface area contributed by atoms with E-state index in [0.717, 1.165) is 32.2 Å². The van der Waals surface area contributed by atoms with Gasteiger partial charge in [-0.1, -0.05) is 12.1 Å². The lowest BCUT2D eigenvalue weighted by atomic mass is 9.99. The van der Waals surface area contributed by atoms with Crippen molar-refractivity contribution in [3.05, 3.63) is 59.5 Å². The quantitative estimate of drug-likeness (QED) is 0.918. The van der Waals surface area contributed by atoms with E-state index in [1.54, 1.807) is 18.4 Å². The third-order valence-corrected chi connectivity index (χ3v) is 3.86. The molecule has 0 bridgehead atoms. The van der Waals surface area contributed by atoms with E-state index < -0.39 is 11.7 Å². The van der Waals surface area contributed by atoms with Crippen LogP contribution >= 0.6 is 12.4 Å². The van der Waals surface area contributed by atoms with Crippen LogP contribution in [0.3, 0.4) is 0 Å². The van der Waals surface area contributed by atoms with Gasteiger partial charge in [0.05, 0.1) is 17.9 Å². The molecule has 1 aliphatic rings. The maximum atomic E-state index is 13.0. The molecule has 0 aliphatic carbocycles. The first-order valence-electron chi connectivity index (χ1n) is 7.21. The fraction of sp³-hybridized carbons (Fsp3) is 0.375. The Bertz CT molecular complexity index is 610. The highest BCUT2D eigenvalue weighted by molar-refractivity contribution is 5.85. The van der Waals surface area contributed by atoms with E-state index in [-0.39, 0.29) is 18.4 Å². The van der Waals surface area contributed by atoms with Crippen molar-refractivity contribution >= 4 is 12.4 Å². The molecular weight excluding hydrogens is 329 g/mol. The van der Waals surface area contributed by atoms with E-state index in [1.807, 2.05) is 6.07 Å². The molecule has 126 valence electrons. The number of halogens is 4. The number of benzene rings is 1. The van der Waals surface area contributed by atoms with E-state index in [9.17, 15) is 13.2 Å². The lowest BCUT2D eigenvalue weighted by molar-refractivity contribution is -0.137. The first kappa shape index (κ1) is 17.8. The molecule has 7 heteroatoms. The van der Waals surface area contributed by atoms with Crippen molar-refractivity contribution in [2.45, 2.75) is 12.2 Å². The number of piperazine rings is 1. The zero-order valence-corrected chi connectivity index (χ0v) is 13.2. The van der Waals surface area contributed by atoms with Gasteiger partial charge in [0.15, 0.2) is 0 Å². The number of hydrogen-bond donors (Lipinski definition) is 1. The molecule has 23 heavy (non-hydrogen) atoms. The largest absolute Gasteiger partial charge is 0.467 e. The lowest BCUT2D eigenvalue weighted by Gasteiger charge is -2.34. The summed E-state index contributed by atoms with van der Waals surface area (Å²) in [4.78, 5) is 2.14. The molecule has 1 fully saturated rings. The molecule has 2 aromatic rings. The van der Waals surface area contributed by atoms with Gasteiger partial charge in [0, 0.05) is 26.2 Å². The topological polar surface area (TPSA) is 28.4 Å². The molecule has 3 nitrogen and oxygen atoms in total. The number of hydrogen-bond acceptors (Lipinski definition) is 3. The minimum Gasteiger partial charge on any atom is -0.467 e. The molecule has 1 aliphatic heterocycles. The second-order valence-electron chi connectivity index (χ2n) is 5.33. The summed E-state index contributed by atoms with van der Waals surface area (Å²) < 4.78 is 44.4. The number of alkyl halides is 3. The fourth-order valence-corrected chi connectivity index (χ4v) is 2.83. The molecule has 0 spiro atoms. The summed E-state index contributed by atoms with van der Waals surface area (Å²) >= 11 is 0. The number of furan rings is 1. The van der Waals surface area contributed by atoms with Gasteiger partial charge in [-0.25, -0.2) is 0 Å². The van der Waals surface area contributed by atoms with Crippen LogP contribution in [0.2, 0.25) is 0 Å². The fourth-order valence-electron chi connectivity index (χ4n) is 2.83. The van der Waals surface area contributed by atoms with Crippen molar-refractivity contribution in [3.8, 4) is 0 Å². The SMILES string of the molecule is Cl.FC(F)(F)c1cccc([C@H](c2ccco2)N2CCNCC2)c1. The molecule has 2 heterocycles. The minimum atomic E-state index is -4.34. The Morgan fingerprint density at radius 3 is 2.43 bits per heavy atom. The van der Waals surface area contributed by atoms with Gasteiger partial charge in [-0.2, -0.15) is 13.2 Å². The van der Waals surface area contributed by atoms with Crippen molar-refractivity contribution in [2.75, 3.05) is 26.2 Å². The Morgan fingerprint density at radius 2 is 1.83 bits per heavy atom. The average Bonchev–Trinajstić information content (AvgIpc) is 3.02. The highest BCUT2D eigenvalue weighted by Gasteiger charge is 2.32. The molecule has 1 aromatic heterocycles. The predicted molar refractivity (Wildman–Crippen MR) is 83.7 cm³/mol. The van der Waals surface area contributed by atoms with Crippen molar-refractivity contribution in [3.63, 3.8) is 0 Å². The van der Waals surface area contributed by atoms with Crippen molar-refractivity contribution < 1.29 is 17.6 Å². The Kier molecular flexibility index (Phi) is 5.73. The van der Waals surface area contributed by atoms with Crippen LogP contribution in [0.15, 0.2) is 47.1 Å². The molecule has 1 aromatic carbocycles. The predicted octanol–water partition coefficient (Wildman–Crippen LogP) is 3.71. The summed E-state index contributed by atoms with van der Waals surface area (Å²) in [6.45, 7) is 3.16. The van der Waals surface area contributed by atoms with Gasteiger partial charge < -0.3 is 9.73 Å². The van der Waals surface area contributed by atoms with Crippen molar-refractivity contribution in [2.24, 2.45) is 0 Å². The first-order valence-corrected chi connectivity index (χ1v) is 7.21. The summed E-state index contributed by atoms with van der Waals surface area (Å²) in [6, 6.07) is 8.78. The molecule has 1 saturated heterocycles. The van der Waals surface area contributed by atoms with Crippen molar-refractivity contribution in [1.82, 2.24) is 10.2 Å². The second kappa shape index (κ2) is 7.38. The van der Waals surface area contributed by atoms with Crippen molar-refractivity contribution in [1.29, 1.82) is 0 Å². The molecule has 1 atom stereocenters. The molecule has 0 unspecified atom stereocenters. The summed E-state index contributed by atoms with van der Waals surface area (Å²) in [5, 5.41) is 3.25. The molecule has 0 radical (unpaired) electrons.